The van der Waals surface area contributed by atoms with Crippen molar-refractivity contribution < 1.29 is 23.1 Å². The minimum Gasteiger partial charge on any atom is -0.506 e. The van der Waals surface area contributed by atoms with Gasteiger partial charge in [-0.3, -0.25) is 4.79 Å². The van der Waals surface area contributed by atoms with Crippen LogP contribution in [0.15, 0.2) is 59.5 Å². The van der Waals surface area contributed by atoms with Gasteiger partial charge in [0.2, 0.25) is 10.0 Å². The molecule has 156 valence electrons. The number of ether oxygens (including phenoxy) is 1. The van der Waals surface area contributed by atoms with Crippen LogP contribution in [0.4, 0.5) is 5.69 Å². The third-order valence-corrected chi connectivity index (χ3v) is 7.16. The first-order valence-electron chi connectivity index (χ1n) is 9.62. The van der Waals surface area contributed by atoms with E-state index in [4.69, 9.17) is 4.74 Å². The molecule has 8 heteroatoms. The Labute approximate surface area is 174 Å². The Morgan fingerprint density at radius 2 is 1.73 bits per heavy atom. The van der Waals surface area contributed by atoms with Crippen LogP contribution in [0.5, 0.6) is 11.5 Å². The maximum atomic E-state index is 13.0. The maximum Gasteiger partial charge on any atom is 0.256 e. The number of fused-ring (bicyclic) bond motifs is 1. The van der Waals surface area contributed by atoms with Crippen LogP contribution >= 0.6 is 0 Å². The van der Waals surface area contributed by atoms with Crippen molar-refractivity contribution in [3.05, 3.63) is 60.2 Å². The lowest BCUT2D eigenvalue weighted by Gasteiger charge is -2.17. The maximum absolute atomic E-state index is 13.0. The first-order valence-corrected chi connectivity index (χ1v) is 11.1. The molecule has 30 heavy (non-hydrogen) atoms. The number of amides is 1. The number of carbonyl (C=O) groups excluding carboxylic acids is 1. The highest BCUT2D eigenvalue weighted by molar-refractivity contribution is 7.89. The van der Waals surface area contributed by atoms with Crippen LogP contribution in [-0.4, -0.2) is 43.9 Å². The molecule has 0 aliphatic carbocycles. The number of aromatic hydroxyl groups is 1. The van der Waals surface area contributed by atoms with Gasteiger partial charge >= 0.3 is 0 Å². The zero-order valence-electron chi connectivity index (χ0n) is 16.5. The minimum atomic E-state index is -3.67. The van der Waals surface area contributed by atoms with Crippen molar-refractivity contribution in [2.45, 2.75) is 17.7 Å². The van der Waals surface area contributed by atoms with Crippen molar-refractivity contribution in [2.24, 2.45) is 0 Å². The van der Waals surface area contributed by atoms with Gasteiger partial charge in [-0.05, 0) is 48.6 Å². The quantitative estimate of drug-likeness (QED) is 0.608. The molecule has 1 aliphatic heterocycles. The fourth-order valence-corrected chi connectivity index (χ4v) is 5.23. The van der Waals surface area contributed by atoms with Crippen LogP contribution in [0.1, 0.15) is 23.2 Å². The van der Waals surface area contributed by atoms with Gasteiger partial charge in [0.25, 0.3) is 5.91 Å². The Morgan fingerprint density at radius 3 is 2.43 bits per heavy atom. The summed E-state index contributed by atoms with van der Waals surface area (Å²) in [6, 6.07) is 14.6. The highest BCUT2D eigenvalue weighted by Gasteiger charge is 2.28. The van der Waals surface area contributed by atoms with Gasteiger partial charge in [-0.2, -0.15) is 4.31 Å². The molecule has 0 unspecified atom stereocenters. The lowest BCUT2D eigenvalue weighted by molar-refractivity contribution is 0.102. The summed E-state index contributed by atoms with van der Waals surface area (Å²) >= 11 is 0. The summed E-state index contributed by atoms with van der Waals surface area (Å²) in [4.78, 5) is 13.0. The number of benzene rings is 3. The van der Waals surface area contributed by atoms with E-state index in [0.29, 0.717) is 29.8 Å². The molecule has 1 amide bonds. The van der Waals surface area contributed by atoms with Crippen LogP contribution in [0.2, 0.25) is 0 Å². The van der Waals surface area contributed by atoms with Gasteiger partial charge in [0, 0.05) is 24.0 Å². The number of methoxy groups -OCH3 is 1. The summed E-state index contributed by atoms with van der Waals surface area (Å²) in [6.45, 7) is 0.950. The fourth-order valence-electron chi connectivity index (χ4n) is 3.69. The van der Waals surface area contributed by atoms with Gasteiger partial charge in [0.1, 0.15) is 11.5 Å². The van der Waals surface area contributed by atoms with E-state index in [1.807, 2.05) is 18.2 Å². The van der Waals surface area contributed by atoms with E-state index >= 15 is 0 Å². The lowest BCUT2D eigenvalue weighted by atomic mass is 10.0. The third-order valence-electron chi connectivity index (χ3n) is 5.27. The standard InChI is InChI=1S/C22H22N2O5S/c1-29-21-11-9-18(16-6-2-3-7-17(16)21)22(26)23-19-14-15(8-10-20(19)25)30(27,28)24-12-4-5-13-24/h2-3,6-11,14,25H,4-5,12-13H2,1H3,(H,23,26). The van der Waals surface area contributed by atoms with Gasteiger partial charge in [0.05, 0.1) is 17.7 Å². The number of hydrogen-bond donors (Lipinski definition) is 2. The molecule has 1 aliphatic rings. The molecule has 1 saturated heterocycles. The van der Waals surface area contributed by atoms with Crippen LogP contribution < -0.4 is 10.1 Å². The van der Waals surface area contributed by atoms with Gasteiger partial charge in [0.15, 0.2) is 0 Å². The van der Waals surface area contributed by atoms with E-state index in [9.17, 15) is 18.3 Å². The van der Waals surface area contributed by atoms with Gasteiger partial charge in [-0.1, -0.05) is 24.3 Å². The van der Waals surface area contributed by atoms with Crippen molar-refractivity contribution in [1.82, 2.24) is 4.31 Å². The van der Waals surface area contributed by atoms with E-state index in [1.54, 1.807) is 25.3 Å². The SMILES string of the molecule is COc1ccc(C(=O)Nc2cc(S(=O)(=O)N3CCCC3)ccc2O)c2ccccc12. The molecule has 0 radical (unpaired) electrons. The molecular formula is C22H22N2O5S. The van der Waals surface area contributed by atoms with E-state index in [1.165, 1.54) is 22.5 Å². The summed E-state index contributed by atoms with van der Waals surface area (Å²) in [5.74, 6) is -0.0230. The molecule has 1 fully saturated rings. The number of nitrogens with one attached hydrogen (secondary N) is 1. The second kappa shape index (κ2) is 7.97. The summed E-state index contributed by atoms with van der Waals surface area (Å²) in [5, 5.41) is 14.3. The smallest absolute Gasteiger partial charge is 0.256 e. The predicted molar refractivity (Wildman–Crippen MR) is 115 cm³/mol. The van der Waals surface area contributed by atoms with Crippen molar-refractivity contribution in [1.29, 1.82) is 0 Å². The molecule has 3 aromatic carbocycles. The van der Waals surface area contributed by atoms with E-state index in [-0.39, 0.29) is 16.3 Å². The Balaban J connectivity index is 1.68. The monoisotopic (exact) mass is 426 g/mol. The molecule has 0 atom stereocenters. The van der Waals surface area contributed by atoms with Crippen molar-refractivity contribution in [3.8, 4) is 11.5 Å². The summed E-state index contributed by atoms with van der Waals surface area (Å²) in [7, 11) is -2.11. The highest BCUT2D eigenvalue weighted by atomic mass is 32.2. The summed E-state index contributed by atoms with van der Waals surface area (Å²) in [5.41, 5.74) is 0.429. The van der Waals surface area contributed by atoms with Crippen molar-refractivity contribution >= 4 is 32.4 Å². The zero-order valence-corrected chi connectivity index (χ0v) is 17.3. The Morgan fingerprint density at radius 1 is 1.03 bits per heavy atom. The van der Waals surface area contributed by atoms with Gasteiger partial charge < -0.3 is 15.2 Å². The molecule has 0 spiro atoms. The highest BCUT2D eigenvalue weighted by Crippen LogP contribution is 2.32. The second-order valence-corrected chi connectivity index (χ2v) is 9.04. The number of rotatable bonds is 5. The number of carbonyl (C=O) groups is 1. The first-order chi connectivity index (χ1) is 14.4. The lowest BCUT2D eigenvalue weighted by Crippen LogP contribution is -2.28. The number of nitrogens with zero attached hydrogens (tertiary/aromatic N) is 1. The van der Waals surface area contributed by atoms with E-state index in [0.717, 1.165) is 18.2 Å². The second-order valence-electron chi connectivity index (χ2n) is 7.11. The molecule has 0 aromatic heterocycles. The van der Waals surface area contributed by atoms with E-state index in [2.05, 4.69) is 5.32 Å². The predicted octanol–water partition coefficient (Wildman–Crippen LogP) is 3.59. The normalized spacial score (nSPS) is 14.7. The Bertz CT molecular complexity index is 1220. The van der Waals surface area contributed by atoms with Crippen molar-refractivity contribution in [2.75, 3.05) is 25.5 Å². The minimum absolute atomic E-state index is 0.0390. The van der Waals surface area contributed by atoms with E-state index < -0.39 is 15.9 Å². The Kier molecular flexibility index (Phi) is 5.36. The average molecular weight is 426 g/mol. The van der Waals surface area contributed by atoms with Crippen LogP contribution in [-0.2, 0) is 10.0 Å². The zero-order chi connectivity index (χ0) is 21.3. The molecular weight excluding hydrogens is 404 g/mol. The number of hydrogen-bond acceptors (Lipinski definition) is 5. The first kappa shape index (κ1) is 20.2. The number of anilines is 1. The fraction of sp³-hybridized carbons (Fsp3) is 0.227. The van der Waals surface area contributed by atoms with Crippen LogP contribution in [0.25, 0.3) is 10.8 Å². The molecule has 3 aromatic rings. The van der Waals surface area contributed by atoms with Crippen molar-refractivity contribution in [3.63, 3.8) is 0 Å². The van der Waals surface area contributed by atoms with Crippen LogP contribution in [0.3, 0.4) is 0 Å². The van der Waals surface area contributed by atoms with Gasteiger partial charge in [-0.25, -0.2) is 8.42 Å². The number of phenolic OH excluding ortho intramolecular Hbond substituents is 1. The molecule has 7 nitrogen and oxygen atoms in total. The molecule has 1 heterocycles. The summed E-state index contributed by atoms with van der Waals surface area (Å²) in [6.07, 6.45) is 1.65. The number of phenols is 1. The molecule has 0 saturated carbocycles. The molecule has 0 bridgehead atoms. The topological polar surface area (TPSA) is 95.9 Å². The number of sulfonamides is 1. The summed E-state index contributed by atoms with van der Waals surface area (Å²) < 4.78 is 32.4. The molecule has 4 rings (SSSR count). The largest absolute Gasteiger partial charge is 0.506 e. The molecule has 2 N–H and O–H groups in total. The van der Waals surface area contributed by atoms with Crippen LogP contribution in [0, 0.1) is 0 Å². The Hall–Kier alpha value is -3.10. The van der Waals surface area contributed by atoms with Gasteiger partial charge in [-0.15, -0.1) is 0 Å². The average Bonchev–Trinajstić information content (AvgIpc) is 3.30. The third kappa shape index (κ3) is 3.59.